The quantitative estimate of drug-likeness (QED) is 0.605. The fourth-order valence-corrected chi connectivity index (χ4v) is 3.44. The SMILES string of the molecule is CCNC(=O)NC(=O)[C@H](C)Sc1nnc(-c2ccccc2)n1-c1ccc(F)cc1. The number of halogens is 1. The molecule has 1 aromatic heterocycles. The van der Waals surface area contributed by atoms with Gasteiger partial charge in [-0.2, -0.15) is 0 Å². The molecule has 3 amide bonds. The highest BCUT2D eigenvalue weighted by Gasteiger charge is 2.23. The first kappa shape index (κ1) is 20.5. The summed E-state index contributed by atoms with van der Waals surface area (Å²) >= 11 is 1.16. The van der Waals surface area contributed by atoms with Crippen molar-refractivity contribution in [2.75, 3.05) is 6.54 Å². The Morgan fingerprint density at radius 2 is 1.79 bits per heavy atom. The molecule has 29 heavy (non-hydrogen) atoms. The van der Waals surface area contributed by atoms with Gasteiger partial charge < -0.3 is 5.32 Å². The molecule has 3 rings (SSSR count). The van der Waals surface area contributed by atoms with Crippen LogP contribution in [0.5, 0.6) is 0 Å². The number of carbonyl (C=O) groups excluding carboxylic acids is 2. The number of benzene rings is 2. The van der Waals surface area contributed by atoms with E-state index in [9.17, 15) is 14.0 Å². The molecule has 7 nitrogen and oxygen atoms in total. The Labute approximate surface area is 171 Å². The van der Waals surface area contributed by atoms with Crippen LogP contribution in [0.2, 0.25) is 0 Å². The number of amides is 3. The first-order valence-electron chi connectivity index (χ1n) is 9.01. The van der Waals surface area contributed by atoms with Gasteiger partial charge in [0.15, 0.2) is 11.0 Å². The van der Waals surface area contributed by atoms with E-state index in [2.05, 4.69) is 20.8 Å². The number of thioether (sulfide) groups is 1. The van der Waals surface area contributed by atoms with Crippen LogP contribution in [0.3, 0.4) is 0 Å². The summed E-state index contributed by atoms with van der Waals surface area (Å²) in [5.74, 6) is -0.237. The first-order valence-corrected chi connectivity index (χ1v) is 9.89. The molecule has 2 aromatic carbocycles. The van der Waals surface area contributed by atoms with Gasteiger partial charge in [-0.3, -0.25) is 14.7 Å². The lowest BCUT2D eigenvalue weighted by Gasteiger charge is -2.13. The Balaban J connectivity index is 1.92. The second kappa shape index (κ2) is 9.33. The highest BCUT2D eigenvalue weighted by Crippen LogP contribution is 2.30. The Hall–Kier alpha value is -3.20. The molecule has 1 atom stereocenters. The molecule has 0 saturated carbocycles. The number of hydrogen-bond donors (Lipinski definition) is 2. The first-order chi connectivity index (χ1) is 14.0. The normalized spacial score (nSPS) is 11.7. The number of hydrogen-bond acceptors (Lipinski definition) is 5. The van der Waals surface area contributed by atoms with Crippen LogP contribution in [0, 0.1) is 5.82 Å². The molecule has 9 heteroatoms. The maximum atomic E-state index is 13.4. The average molecular weight is 413 g/mol. The molecular formula is C20H20FN5O2S. The van der Waals surface area contributed by atoms with E-state index < -0.39 is 17.2 Å². The number of nitrogens with zero attached hydrogens (tertiary/aromatic N) is 3. The van der Waals surface area contributed by atoms with Crippen LogP contribution in [0.15, 0.2) is 59.8 Å². The van der Waals surface area contributed by atoms with Crippen molar-refractivity contribution >= 4 is 23.7 Å². The molecular weight excluding hydrogens is 393 g/mol. The summed E-state index contributed by atoms with van der Waals surface area (Å²) in [5.41, 5.74) is 1.49. The van der Waals surface area contributed by atoms with E-state index in [1.54, 1.807) is 30.5 Å². The van der Waals surface area contributed by atoms with Crippen molar-refractivity contribution < 1.29 is 14.0 Å². The van der Waals surface area contributed by atoms with Gasteiger partial charge in [0.1, 0.15) is 5.82 Å². The Bertz CT molecular complexity index is 992. The van der Waals surface area contributed by atoms with Crippen LogP contribution in [-0.4, -0.2) is 38.5 Å². The number of urea groups is 1. The third kappa shape index (κ3) is 5.00. The lowest BCUT2D eigenvalue weighted by molar-refractivity contribution is -0.119. The topological polar surface area (TPSA) is 88.9 Å². The highest BCUT2D eigenvalue weighted by atomic mass is 32.2. The monoisotopic (exact) mass is 413 g/mol. The zero-order chi connectivity index (χ0) is 20.8. The van der Waals surface area contributed by atoms with E-state index in [0.29, 0.717) is 23.2 Å². The van der Waals surface area contributed by atoms with Crippen molar-refractivity contribution in [3.63, 3.8) is 0 Å². The summed E-state index contributed by atoms with van der Waals surface area (Å²) in [6, 6.07) is 14.8. The molecule has 0 bridgehead atoms. The van der Waals surface area contributed by atoms with Crippen LogP contribution in [0.4, 0.5) is 9.18 Å². The van der Waals surface area contributed by atoms with E-state index in [4.69, 9.17) is 0 Å². The third-order valence-corrected chi connectivity index (χ3v) is 5.02. The summed E-state index contributed by atoms with van der Waals surface area (Å²) in [7, 11) is 0. The van der Waals surface area contributed by atoms with Gasteiger partial charge in [-0.25, -0.2) is 9.18 Å². The fourth-order valence-electron chi connectivity index (χ4n) is 2.57. The van der Waals surface area contributed by atoms with Crippen molar-refractivity contribution in [2.24, 2.45) is 0 Å². The minimum Gasteiger partial charge on any atom is -0.338 e. The van der Waals surface area contributed by atoms with Gasteiger partial charge in [-0.1, -0.05) is 42.1 Å². The maximum absolute atomic E-state index is 13.4. The number of rotatable bonds is 6. The molecule has 0 fully saturated rings. The van der Waals surface area contributed by atoms with Crippen LogP contribution in [0.25, 0.3) is 17.1 Å². The molecule has 0 aliphatic heterocycles. The largest absolute Gasteiger partial charge is 0.338 e. The zero-order valence-corrected chi connectivity index (χ0v) is 16.7. The molecule has 0 radical (unpaired) electrons. The van der Waals surface area contributed by atoms with Crippen molar-refractivity contribution in [1.82, 2.24) is 25.4 Å². The van der Waals surface area contributed by atoms with Crippen molar-refractivity contribution in [3.8, 4) is 17.1 Å². The molecule has 0 spiro atoms. The van der Waals surface area contributed by atoms with E-state index in [1.165, 1.54) is 12.1 Å². The van der Waals surface area contributed by atoms with Gasteiger partial charge in [0, 0.05) is 17.8 Å². The molecule has 1 heterocycles. The second-order valence-corrected chi connectivity index (χ2v) is 7.40. The summed E-state index contributed by atoms with van der Waals surface area (Å²) in [5, 5.41) is 13.2. The Morgan fingerprint density at radius 1 is 1.10 bits per heavy atom. The van der Waals surface area contributed by atoms with E-state index in [-0.39, 0.29) is 5.82 Å². The van der Waals surface area contributed by atoms with Gasteiger partial charge in [-0.05, 0) is 38.1 Å². The van der Waals surface area contributed by atoms with Gasteiger partial charge in [0.2, 0.25) is 5.91 Å². The zero-order valence-electron chi connectivity index (χ0n) is 15.9. The lowest BCUT2D eigenvalue weighted by atomic mass is 10.2. The minimum atomic E-state index is -0.607. The average Bonchev–Trinajstić information content (AvgIpc) is 3.13. The highest BCUT2D eigenvalue weighted by molar-refractivity contribution is 8.00. The van der Waals surface area contributed by atoms with Crippen LogP contribution < -0.4 is 10.6 Å². The smallest absolute Gasteiger partial charge is 0.321 e. The van der Waals surface area contributed by atoms with Crippen molar-refractivity contribution in [2.45, 2.75) is 24.3 Å². The van der Waals surface area contributed by atoms with Gasteiger partial charge in [-0.15, -0.1) is 10.2 Å². The van der Waals surface area contributed by atoms with E-state index in [0.717, 1.165) is 17.3 Å². The third-order valence-electron chi connectivity index (χ3n) is 3.98. The summed E-state index contributed by atoms with van der Waals surface area (Å²) in [6.45, 7) is 3.85. The molecule has 0 aliphatic carbocycles. The van der Waals surface area contributed by atoms with E-state index >= 15 is 0 Å². The predicted octanol–water partition coefficient (Wildman–Crippen LogP) is 3.40. The number of imide groups is 1. The van der Waals surface area contributed by atoms with Crippen molar-refractivity contribution in [3.05, 3.63) is 60.4 Å². The van der Waals surface area contributed by atoms with Crippen LogP contribution in [-0.2, 0) is 4.79 Å². The Morgan fingerprint density at radius 3 is 2.45 bits per heavy atom. The predicted molar refractivity (Wildman–Crippen MR) is 109 cm³/mol. The molecule has 0 aliphatic rings. The molecule has 150 valence electrons. The summed E-state index contributed by atoms with van der Waals surface area (Å²) < 4.78 is 15.2. The van der Waals surface area contributed by atoms with Crippen LogP contribution in [0.1, 0.15) is 13.8 Å². The summed E-state index contributed by atoms with van der Waals surface area (Å²) in [4.78, 5) is 23.9. The van der Waals surface area contributed by atoms with Gasteiger partial charge >= 0.3 is 6.03 Å². The van der Waals surface area contributed by atoms with Crippen molar-refractivity contribution in [1.29, 1.82) is 0 Å². The van der Waals surface area contributed by atoms with E-state index in [1.807, 2.05) is 30.3 Å². The maximum Gasteiger partial charge on any atom is 0.321 e. The molecule has 0 saturated heterocycles. The van der Waals surface area contributed by atoms with Gasteiger partial charge in [0.05, 0.1) is 5.25 Å². The van der Waals surface area contributed by atoms with Gasteiger partial charge in [0.25, 0.3) is 0 Å². The summed E-state index contributed by atoms with van der Waals surface area (Å²) in [6.07, 6.45) is 0. The lowest BCUT2D eigenvalue weighted by Crippen LogP contribution is -2.42. The molecule has 3 aromatic rings. The molecule has 2 N–H and O–H groups in total. The Kier molecular flexibility index (Phi) is 6.61. The number of aromatic nitrogens is 3. The second-order valence-electron chi connectivity index (χ2n) is 6.09. The number of nitrogens with one attached hydrogen (secondary N) is 2. The fraction of sp³-hybridized carbons (Fsp3) is 0.200. The number of carbonyl (C=O) groups is 2. The molecule has 0 unspecified atom stereocenters. The van der Waals surface area contributed by atoms with Crippen LogP contribution >= 0.6 is 11.8 Å². The standard InChI is InChI=1S/C20H20FN5O2S/c1-3-22-19(28)23-18(27)13(2)29-20-25-24-17(14-7-5-4-6-8-14)26(20)16-11-9-15(21)10-12-16/h4-13H,3H2,1-2H3,(H2,22,23,27,28)/t13-/m0/s1. The minimum absolute atomic E-state index is 0.355.